The van der Waals surface area contributed by atoms with Gasteiger partial charge in [0, 0.05) is 0 Å². The largest absolute Gasteiger partial charge is 0.790 e. The maximum absolute atomic E-state index is 13.0. The van der Waals surface area contributed by atoms with E-state index < -0.39 is 83.5 Å². The number of hydrogen-bond acceptors (Lipinski definition) is 21. The second-order valence-electron chi connectivity index (χ2n) is 9.98. The molecule has 0 aromatic carbocycles. The van der Waals surface area contributed by atoms with Crippen LogP contribution in [0, 0.1) is 0 Å². The first-order valence-electron chi connectivity index (χ1n) is 12.9. The van der Waals surface area contributed by atoms with E-state index in [-0.39, 0.29) is 34.1 Å². The van der Waals surface area contributed by atoms with Crippen LogP contribution in [0.2, 0.25) is 0 Å². The van der Waals surface area contributed by atoms with Crippen molar-refractivity contribution in [2.75, 3.05) is 24.7 Å². The van der Waals surface area contributed by atoms with Crippen LogP contribution in [0.25, 0.3) is 22.3 Å². The Morgan fingerprint density at radius 1 is 0.913 bits per heavy atom. The summed E-state index contributed by atoms with van der Waals surface area (Å²) in [5, 5.41) is 31.3. The number of anilines is 2. The SMILES string of the molecule is Nc1nc2c(ncn2[C@@H]2O[C@H](CO)[C@@H](O)[C@H]2OP(=O)([O-])OC[C@H]2O[C@@H](n3cnc4c(N)ncnc43)[C@H](O)[C@@H]2OP(=O)([O-])[O-])c(=O)[nH]1. The van der Waals surface area contributed by atoms with Gasteiger partial charge in [-0.3, -0.25) is 23.5 Å². The zero-order valence-electron chi connectivity index (χ0n) is 22.8. The number of aromatic nitrogens is 8. The summed E-state index contributed by atoms with van der Waals surface area (Å²) < 4.78 is 52.3. The number of phosphoric ester groups is 2. The monoisotopic (exact) mass is 689 g/mol. The van der Waals surface area contributed by atoms with Crippen LogP contribution in [0.15, 0.2) is 23.8 Å². The molecule has 2 fully saturated rings. The average molecular weight is 689 g/mol. The lowest BCUT2D eigenvalue weighted by atomic mass is 10.1. The highest BCUT2D eigenvalue weighted by molar-refractivity contribution is 7.45. The van der Waals surface area contributed by atoms with E-state index in [1.54, 1.807) is 0 Å². The lowest BCUT2D eigenvalue weighted by Gasteiger charge is -2.35. The summed E-state index contributed by atoms with van der Waals surface area (Å²) >= 11 is 0. The van der Waals surface area contributed by atoms with Gasteiger partial charge in [-0.1, -0.05) is 0 Å². The number of fused-ring (bicyclic) bond motifs is 2. The molecule has 2 aliphatic heterocycles. The molecule has 6 heterocycles. The van der Waals surface area contributed by atoms with Crippen LogP contribution in [-0.4, -0.2) is 104 Å². The number of aliphatic hydroxyl groups is 3. The summed E-state index contributed by atoms with van der Waals surface area (Å²) in [6.07, 6.45) is -10.5. The van der Waals surface area contributed by atoms with Crippen LogP contribution in [-0.2, 0) is 32.2 Å². The summed E-state index contributed by atoms with van der Waals surface area (Å²) in [6.45, 7) is -1.87. The quantitative estimate of drug-likeness (QED) is 0.0846. The fourth-order valence-electron chi connectivity index (χ4n) is 5.10. The number of ether oxygens (including phenoxy) is 2. The van der Waals surface area contributed by atoms with Crippen molar-refractivity contribution in [3.05, 3.63) is 29.3 Å². The number of nitrogen functional groups attached to an aromatic ring is 2. The van der Waals surface area contributed by atoms with Crippen LogP contribution in [0.3, 0.4) is 0 Å². The number of aromatic amines is 1. The summed E-state index contributed by atoms with van der Waals surface area (Å²) in [4.78, 5) is 70.0. The highest BCUT2D eigenvalue weighted by Gasteiger charge is 2.49. The first kappa shape index (κ1) is 32.5. The standard InChI is InChI=1S/C20H26N10O14P2/c21-14-8-15(24-3-23-14)29(4-25-8)18-11(33)12(43-45(35,36)37)7(42-18)2-40-46(38,39)44-13-10(32)6(1-31)41-19(13)30-5-26-9-16(30)27-20(22)28-17(9)34/h3-7,10-13,18-19,31-33H,1-2H2,(H,38,39)(H2,21,23,24)(H2,35,36,37)(H3,22,27,28,34)/p-3/t6-,7-,10-,11-,12-,13-,18-,19-/m1/s1. The number of rotatable bonds is 10. The lowest BCUT2D eigenvalue weighted by molar-refractivity contribution is -0.347. The van der Waals surface area contributed by atoms with Crippen molar-refractivity contribution < 1.29 is 62.2 Å². The molecule has 24 nitrogen and oxygen atoms in total. The molecule has 9 atom stereocenters. The van der Waals surface area contributed by atoms with Crippen LogP contribution in [0.5, 0.6) is 0 Å². The van der Waals surface area contributed by atoms with Crippen LogP contribution >= 0.6 is 15.6 Å². The Kier molecular flexibility index (Phi) is 8.43. The molecule has 0 radical (unpaired) electrons. The molecular formula is C20H23N10O14P2-3. The smallest absolute Gasteiger partial charge is 0.280 e. The highest BCUT2D eigenvalue weighted by atomic mass is 31.2. The Morgan fingerprint density at radius 2 is 1.59 bits per heavy atom. The van der Waals surface area contributed by atoms with Gasteiger partial charge >= 0.3 is 0 Å². The Balaban J connectivity index is 1.24. The third-order valence-electron chi connectivity index (χ3n) is 7.09. The minimum atomic E-state index is -5.79. The summed E-state index contributed by atoms with van der Waals surface area (Å²) in [7, 11) is -11.3. The minimum Gasteiger partial charge on any atom is -0.790 e. The molecule has 2 saturated heterocycles. The van der Waals surface area contributed by atoms with Crippen LogP contribution in [0.4, 0.5) is 11.8 Å². The Bertz CT molecular complexity index is 1910. The predicted molar refractivity (Wildman–Crippen MR) is 140 cm³/mol. The molecule has 0 saturated carbocycles. The topological polar surface area (TPSA) is 369 Å². The molecule has 46 heavy (non-hydrogen) atoms. The molecule has 4 aromatic heterocycles. The number of aliphatic hydroxyl groups excluding tert-OH is 3. The van der Waals surface area contributed by atoms with Crippen molar-refractivity contribution in [3.8, 4) is 0 Å². The third kappa shape index (κ3) is 6.02. The number of phosphoric acid groups is 2. The first-order chi connectivity index (χ1) is 21.7. The normalized spacial score (nSPS) is 30.0. The van der Waals surface area contributed by atoms with Crippen molar-refractivity contribution in [3.63, 3.8) is 0 Å². The molecule has 4 aromatic rings. The van der Waals surface area contributed by atoms with Crippen molar-refractivity contribution in [1.29, 1.82) is 0 Å². The fourth-order valence-corrected chi connectivity index (χ4v) is 6.58. The molecule has 0 spiro atoms. The van der Waals surface area contributed by atoms with E-state index in [2.05, 4.69) is 34.4 Å². The van der Waals surface area contributed by atoms with Crippen molar-refractivity contribution in [1.82, 2.24) is 39.0 Å². The van der Waals surface area contributed by atoms with E-state index in [4.69, 9.17) is 30.0 Å². The van der Waals surface area contributed by atoms with Gasteiger partial charge in [-0.05, 0) is 0 Å². The zero-order chi connectivity index (χ0) is 33.1. The molecule has 2 aliphatic rings. The second-order valence-corrected chi connectivity index (χ2v) is 12.5. The molecule has 1 unspecified atom stereocenters. The van der Waals surface area contributed by atoms with Crippen molar-refractivity contribution >= 4 is 49.7 Å². The van der Waals surface area contributed by atoms with E-state index >= 15 is 0 Å². The summed E-state index contributed by atoms with van der Waals surface area (Å²) in [6, 6.07) is 0. The van der Waals surface area contributed by atoms with Gasteiger partial charge in [0.25, 0.3) is 13.4 Å². The van der Waals surface area contributed by atoms with E-state index in [9.17, 15) is 43.9 Å². The van der Waals surface area contributed by atoms with Gasteiger partial charge in [0.1, 0.15) is 48.5 Å². The Morgan fingerprint density at radius 3 is 2.28 bits per heavy atom. The third-order valence-corrected chi connectivity index (χ3v) is 8.56. The van der Waals surface area contributed by atoms with Crippen molar-refractivity contribution in [2.45, 2.75) is 49.1 Å². The molecule has 26 heteroatoms. The van der Waals surface area contributed by atoms with Crippen LogP contribution in [0.1, 0.15) is 12.5 Å². The Hall–Kier alpha value is -3.48. The zero-order valence-corrected chi connectivity index (χ0v) is 24.6. The van der Waals surface area contributed by atoms with Gasteiger partial charge in [-0.2, -0.15) is 4.98 Å². The van der Waals surface area contributed by atoms with E-state index in [1.165, 1.54) is 0 Å². The average Bonchev–Trinajstić information content (AvgIpc) is 3.73. The molecule has 250 valence electrons. The number of H-pyrrole nitrogens is 1. The number of hydrogen-bond donors (Lipinski definition) is 6. The molecular weight excluding hydrogens is 666 g/mol. The van der Waals surface area contributed by atoms with Gasteiger partial charge in [0.05, 0.1) is 33.7 Å². The highest BCUT2D eigenvalue weighted by Crippen LogP contribution is 2.48. The minimum absolute atomic E-state index is 0.0343. The lowest BCUT2D eigenvalue weighted by Crippen LogP contribution is -2.39. The second kappa shape index (κ2) is 12.0. The van der Waals surface area contributed by atoms with E-state index in [0.717, 1.165) is 28.1 Å². The maximum atomic E-state index is 13.0. The number of nitrogens with one attached hydrogen (secondary N) is 1. The summed E-state index contributed by atoms with van der Waals surface area (Å²) in [5.74, 6) is -0.354. The molecule has 0 bridgehead atoms. The number of nitrogens with two attached hydrogens (primary N) is 2. The summed E-state index contributed by atoms with van der Waals surface area (Å²) in [5.41, 5.74) is 10.4. The molecule has 8 N–H and O–H groups in total. The fraction of sp³-hybridized carbons (Fsp3) is 0.500. The number of nitrogens with zero attached hydrogens (tertiary/aromatic N) is 7. The first-order valence-corrected chi connectivity index (χ1v) is 15.9. The van der Waals surface area contributed by atoms with E-state index in [0.29, 0.717) is 0 Å². The molecule has 0 amide bonds. The van der Waals surface area contributed by atoms with Gasteiger partial charge in [0.15, 0.2) is 35.1 Å². The van der Waals surface area contributed by atoms with Gasteiger partial charge < -0.3 is 69.1 Å². The Labute approximate surface area is 254 Å². The number of imidazole rings is 2. The maximum Gasteiger partial charge on any atom is 0.280 e. The van der Waals surface area contributed by atoms with Crippen molar-refractivity contribution in [2.24, 2.45) is 0 Å². The van der Waals surface area contributed by atoms with Gasteiger partial charge in [0.2, 0.25) is 5.95 Å². The van der Waals surface area contributed by atoms with Gasteiger partial charge in [-0.25, -0.2) is 19.9 Å². The van der Waals surface area contributed by atoms with Crippen LogP contribution < -0.4 is 31.7 Å². The molecule has 0 aliphatic carbocycles. The van der Waals surface area contributed by atoms with Gasteiger partial charge in [-0.15, -0.1) is 0 Å². The molecule has 6 rings (SSSR count). The predicted octanol–water partition coefficient (Wildman–Crippen LogP) is -5.28. The van der Waals surface area contributed by atoms with E-state index in [1.807, 2.05) is 0 Å².